The first-order valence-corrected chi connectivity index (χ1v) is 7.63. The van der Waals surface area contributed by atoms with E-state index in [1.54, 1.807) is 0 Å². The van der Waals surface area contributed by atoms with Gasteiger partial charge in [-0.15, -0.1) is 0 Å². The van der Waals surface area contributed by atoms with Crippen LogP contribution in [0.1, 0.15) is 49.9 Å². The van der Waals surface area contributed by atoms with Crippen LogP contribution >= 0.6 is 0 Å². The molecule has 0 radical (unpaired) electrons. The molecule has 2 rings (SSSR count). The summed E-state index contributed by atoms with van der Waals surface area (Å²) in [6.07, 6.45) is 7.10. The molecule has 0 bridgehead atoms. The lowest BCUT2D eigenvalue weighted by Gasteiger charge is -2.34. The third kappa shape index (κ3) is 3.54. The summed E-state index contributed by atoms with van der Waals surface area (Å²) in [6, 6.07) is 4.82. The van der Waals surface area contributed by atoms with Gasteiger partial charge in [0.25, 0.3) is 0 Å². The van der Waals surface area contributed by atoms with E-state index in [9.17, 15) is 0 Å². The average molecular weight is 261 g/mol. The standard InChI is InChI=1S/C16H27N3/c1-3-9-19-10-5-4-6-14(11-17)16(19)15-8-7-13(2)18-12-15/h7-8,12,14,16H,3-6,9-11,17H2,1-2H3. The number of likely N-dealkylation sites (tertiary alicyclic amines) is 1. The van der Waals surface area contributed by atoms with Crippen molar-refractivity contribution in [2.45, 2.75) is 45.6 Å². The van der Waals surface area contributed by atoms with Crippen molar-refractivity contribution in [3.05, 3.63) is 29.6 Å². The second-order valence-corrected chi connectivity index (χ2v) is 5.71. The fraction of sp³-hybridized carbons (Fsp3) is 0.688. The van der Waals surface area contributed by atoms with Gasteiger partial charge in [-0.2, -0.15) is 0 Å². The molecule has 2 N–H and O–H groups in total. The molecule has 0 aromatic carbocycles. The fourth-order valence-electron chi connectivity index (χ4n) is 3.24. The molecule has 1 fully saturated rings. The molecule has 106 valence electrons. The van der Waals surface area contributed by atoms with Gasteiger partial charge in [0.05, 0.1) is 0 Å². The normalized spacial score (nSPS) is 25.2. The van der Waals surface area contributed by atoms with Crippen molar-refractivity contribution in [1.29, 1.82) is 0 Å². The maximum atomic E-state index is 6.04. The molecular formula is C16H27N3. The Bertz CT molecular complexity index is 374. The van der Waals surface area contributed by atoms with Gasteiger partial charge in [0.2, 0.25) is 0 Å². The number of pyridine rings is 1. The van der Waals surface area contributed by atoms with Crippen molar-refractivity contribution in [2.24, 2.45) is 11.7 Å². The number of aromatic nitrogens is 1. The minimum absolute atomic E-state index is 0.459. The molecule has 1 aromatic rings. The van der Waals surface area contributed by atoms with Crippen LogP contribution in [-0.4, -0.2) is 29.5 Å². The molecule has 1 aliphatic rings. The summed E-state index contributed by atoms with van der Waals surface area (Å²) in [5, 5.41) is 0. The number of hydrogen-bond donors (Lipinski definition) is 1. The fourth-order valence-corrected chi connectivity index (χ4v) is 3.24. The highest BCUT2D eigenvalue weighted by Gasteiger charge is 2.29. The lowest BCUT2D eigenvalue weighted by Crippen LogP contribution is -2.36. The summed E-state index contributed by atoms with van der Waals surface area (Å²) in [4.78, 5) is 7.10. The number of nitrogens with two attached hydrogens (primary N) is 1. The maximum Gasteiger partial charge on any atom is 0.0403 e. The molecule has 0 spiro atoms. The number of hydrogen-bond acceptors (Lipinski definition) is 3. The van der Waals surface area contributed by atoms with Crippen molar-refractivity contribution in [1.82, 2.24) is 9.88 Å². The molecule has 3 heteroatoms. The molecule has 0 amide bonds. The van der Waals surface area contributed by atoms with Gasteiger partial charge >= 0.3 is 0 Å². The molecule has 0 saturated carbocycles. The summed E-state index contributed by atoms with van der Waals surface area (Å²) in [7, 11) is 0. The second kappa shape index (κ2) is 7.01. The highest BCUT2D eigenvalue weighted by Crippen LogP contribution is 2.34. The summed E-state index contributed by atoms with van der Waals surface area (Å²) in [5.41, 5.74) is 8.47. The lowest BCUT2D eigenvalue weighted by molar-refractivity contribution is 0.158. The second-order valence-electron chi connectivity index (χ2n) is 5.71. The van der Waals surface area contributed by atoms with Crippen LogP contribution in [0.3, 0.4) is 0 Å². The first kappa shape index (κ1) is 14.5. The van der Waals surface area contributed by atoms with Crippen LogP contribution in [-0.2, 0) is 0 Å². The van der Waals surface area contributed by atoms with E-state index in [1.165, 1.54) is 37.8 Å². The molecule has 19 heavy (non-hydrogen) atoms. The van der Waals surface area contributed by atoms with Crippen molar-refractivity contribution in [2.75, 3.05) is 19.6 Å². The van der Waals surface area contributed by atoms with E-state index in [0.717, 1.165) is 18.8 Å². The van der Waals surface area contributed by atoms with Crippen LogP contribution in [0.25, 0.3) is 0 Å². The molecule has 0 aliphatic carbocycles. The number of rotatable bonds is 4. The van der Waals surface area contributed by atoms with E-state index < -0.39 is 0 Å². The quantitative estimate of drug-likeness (QED) is 0.906. The van der Waals surface area contributed by atoms with E-state index in [0.29, 0.717) is 12.0 Å². The Balaban J connectivity index is 2.28. The number of nitrogens with zero attached hydrogens (tertiary/aromatic N) is 2. The highest BCUT2D eigenvalue weighted by atomic mass is 15.2. The van der Waals surface area contributed by atoms with Crippen molar-refractivity contribution in [3.8, 4) is 0 Å². The highest BCUT2D eigenvalue weighted by molar-refractivity contribution is 5.19. The smallest absolute Gasteiger partial charge is 0.0403 e. The van der Waals surface area contributed by atoms with Crippen LogP contribution in [0.15, 0.2) is 18.3 Å². The summed E-state index contributed by atoms with van der Waals surface area (Å²) >= 11 is 0. The molecular weight excluding hydrogens is 234 g/mol. The monoisotopic (exact) mass is 261 g/mol. The van der Waals surface area contributed by atoms with Crippen molar-refractivity contribution >= 4 is 0 Å². The predicted molar refractivity (Wildman–Crippen MR) is 80.0 cm³/mol. The Kier molecular flexibility index (Phi) is 5.34. The Morgan fingerprint density at radius 2 is 2.21 bits per heavy atom. The van der Waals surface area contributed by atoms with Gasteiger partial charge < -0.3 is 5.73 Å². The van der Waals surface area contributed by atoms with E-state index in [4.69, 9.17) is 5.73 Å². The van der Waals surface area contributed by atoms with E-state index >= 15 is 0 Å². The van der Waals surface area contributed by atoms with Crippen LogP contribution in [0.4, 0.5) is 0 Å². The van der Waals surface area contributed by atoms with Crippen molar-refractivity contribution in [3.63, 3.8) is 0 Å². The minimum Gasteiger partial charge on any atom is -0.330 e. The van der Waals surface area contributed by atoms with E-state index in [1.807, 2.05) is 6.92 Å². The van der Waals surface area contributed by atoms with Gasteiger partial charge in [0.15, 0.2) is 0 Å². The SMILES string of the molecule is CCCN1CCCCC(CN)C1c1ccc(C)nc1. The predicted octanol–water partition coefficient (Wildman–Crippen LogP) is 2.90. The van der Waals surface area contributed by atoms with Gasteiger partial charge in [-0.3, -0.25) is 9.88 Å². The Labute approximate surface area is 117 Å². The molecule has 1 aliphatic heterocycles. The van der Waals surface area contributed by atoms with E-state index in [2.05, 4.69) is 35.1 Å². The molecule has 1 saturated heterocycles. The third-order valence-corrected chi connectivity index (χ3v) is 4.20. The largest absolute Gasteiger partial charge is 0.330 e. The van der Waals surface area contributed by atoms with Gasteiger partial charge in [-0.25, -0.2) is 0 Å². The minimum atomic E-state index is 0.459. The van der Waals surface area contributed by atoms with Crippen molar-refractivity contribution < 1.29 is 0 Å². The Morgan fingerprint density at radius 3 is 2.84 bits per heavy atom. The average Bonchev–Trinajstić information content (AvgIpc) is 2.62. The summed E-state index contributed by atoms with van der Waals surface area (Å²) in [5.74, 6) is 0.568. The Morgan fingerprint density at radius 1 is 1.37 bits per heavy atom. The van der Waals surface area contributed by atoms with Gasteiger partial charge in [0, 0.05) is 17.9 Å². The zero-order chi connectivity index (χ0) is 13.7. The van der Waals surface area contributed by atoms with Gasteiger partial charge in [-0.05, 0) is 63.4 Å². The molecule has 2 unspecified atom stereocenters. The molecule has 1 aromatic heterocycles. The zero-order valence-electron chi connectivity index (χ0n) is 12.3. The first-order chi connectivity index (χ1) is 9.26. The summed E-state index contributed by atoms with van der Waals surface area (Å²) in [6.45, 7) is 7.44. The lowest BCUT2D eigenvalue weighted by atomic mass is 9.90. The van der Waals surface area contributed by atoms with Gasteiger partial charge in [0.1, 0.15) is 0 Å². The van der Waals surface area contributed by atoms with Crippen LogP contribution in [0, 0.1) is 12.8 Å². The van der Waals surface area contributed by atoms with Crippen LogP contribution in [0.2, 0.25) is 0 Å². The molecule has 3 nitrogen and oxygen atoms in total. The Hall–Kier alpha value is -0.930. The molecule has 2 heterocycles. The van der Waals surface area contributed by atoms with Gasteiger partial charge in [-0.1, -0.05) is 19.4 Å². The van der Waals surface area contributed by atoms with Crippen LogP contribution in [0.5, 0.6) is 0 Å². The first-order valence-electron chi connectivity index (χ1n) is 7.63. The number of aryl methyl sites for hydroxylation is 1. The van der Waals surface area contributed by atoms with E-state index in [-0.39, 0.29) is 0 Å². The zero-order valence-corrected chi connectivity index (χ0v) is 12.3. The third-order valence-electron chi connectivity index (χ3n) is 4.20. The molecule has 2 atom stereocenters. The maximum absolute atomic E-state index is 6.04. The summed E-state index contributed by atoms with van der Waals surface area (Å²) < 4.78 is 0. The topological polar surface area (TPSA) is 42.1 Å². The van der Waals surface area contributed by atoms with Crippen LogP contribution < -0.4 is 5.73 Å².